The molecule has 1 N–H and O–H groups in total. The van der Waals surface area contributed by atoms with Gasteiger partial charge in [-0.1, -0.05) is 0 Å². The van der Waals surface area contributed by atoms with E-state index in [1.165, 1.54) is 17.9 Å². The number of pyridine rings is 1. The van der Waals surface area contributed by atoms with Crippen LogP contribution >= 0.6 is 0 Å². The highest BCUT2D eigenvalue weighted by atomic mass is 32.2. The fourth-order valence-corrected chi connectivity index (χ4v) is 3.12. The summed E-state index contributed by atoms with van der Waals surface area (Å²) < 4.78 is 27.3. The quantitative estimate of drug-likeness (QED) is 0.543. The van der Waals surface area contributed by atoms with Crippen LogP contribution in [-0.4, -0.2) is 55.4 Å². The SMILES string of the molecule is CC(=O)/C=C1\NC(CCOS(C)(=O)=O)(Cc2ccncc2)C(=O)N1C. The third kappa shape index (κ3) is 4.86. The molecule has 0 aliphatic carbocycles. The highest BCUT2D eigenvalue weighted by Crippen LogP contribution is 2.29. The summed E-state index contributed by atoms with van der Waals surface area (Å²) in [6.45, 7) is 1.24. The van der Waals surface area contributed by atoms with Gasteiger partial charge < -0.3 is 5.32 Å². The molecule has 2 rings (SSSR count). The van der Waals surface area contributed by atoms with Crippen molar-refractivity contribution in [2.24, 2.45) is 0 Å². The molecule has 1 atom stereocenters. The van der Waals surface area contributed by atoms with Gasteiger partial charge in [0, 0.05) is 38.4 Å². The lowest BCUT2D eigenvalue weighted by Crippen LogP contribution is -2.49. The molecule has 0 radical (unpaired) electrons. The number of aromatic nitrogens is 1. The summed E-state index contributed by atoms with van der Waals surface area (Å²) in [5, 5.41) is 3.09. The largest absolute Gasteiger partial charge is 0.357 e. The summed E-state index contributed by atoms with van der Waals surface area (Å²) >= 11 is 0. The predicted octanol–water partition coefficient (Wildman–Crippen LogP) is 0.221. The number of rotatable bonds is 7. The standard InChI is InChI=1S/C16H21N3O5S/c1-12(20)10-14-18-16(15(21)19(14)2,6-9-24-25(3,22)23)11-13-4-7-17-8-5-13/h4-5,7-8,10,18H,6,9,11H2,1-3H3/b14-10+. The second kappa shape index (κ2) is 7.32. The molecule has 1 aliphatic heterocycles. The molecular formula is C16H21N3O5S. The topological polar surface area (TPSA) is 106 Å². The summed E-state index contributed by atoms with van der Waals surface area (Å²) in [6, 6.07) is 3.56. The molecule has 9 heteroatoms. The molecule has 1 unspecified atom stereocenters. The number of carbonyl (C=O) groups is 2. The van der Waals surface area contributed by atoms with Crippen molar-refractivity contribution >= 4 is 21.8 Å². The normalized spacial score (nSPS) is 22.3. The summed E-state index contributed by atoms with van der Waals surface area (Å²) in [7, 11) is -2.05. The molecule has 0 bridgehead atoms. The maximum atomic E-state index is 12.9. The van der Waals surface area contributed by atoms with Crippen LogP contribution in [0.1, 0.15) is 18.9 Å². The van der Waals surface area contributed by atoms with Gasteiger partial charge >= 0.3 is 0 Å². The second-order valence-electron chi connectivity index (χ2n) is 6.02. The number of amides is 1. The van der Waals surface area contributed by atoms with Gasteiger partial charge in [-0.05, 0) is 24.6 Å². The highest BCUT2D eigenvalue weighted by molar-refractivity contribution is 7.85. The first kappa shape index (κ1) is 19.1. The van der Waals surface area contributed by atoms with Crippen LogP contribution < -0.4 is 5.32 Å². The molecule has 1 aromatic rings. The summed E-state index contributed by atoms with van der Waals surface area (Å²) in [5.74, 6) is -0.0749. The first-order valence-electron chi connectivity index (χ1n) is 7.65. The summed E-state index contributed by atoms with van der Waals surface area (Å²) in [4.78, 5) is 29.6. The van der Waals surface area contributed by atoms with Gasteiger partial charge in [-0.3, -0.25) is 23.7 Å². The Hall–Kier alpha value is -2.26. The minimum Gasteiger partial charge on any atom is -0.357 e. The summed E-state index contributed by atoms with van der Waals surface area (Å²) in [6.07, 6.45) is 5.96. The Morgan fingerprint density at radius 1 is 1.40 bits per heavy atom. The van der Waals surface area contributed by atoms with E-state index in [2.05, 4.69) is 10.3 Å². The maximum absolute atomic E-state index is 12.9. The van der Waals surface area contributed by atoms with Crippen LogP contribution in [0.5, 0.6) is 0 Å². The Kier molecular flexibility index (Phi) is 5.58. The van der Waals surface area contributed by atoms with E-state index in [4.69, 9.17) is 4.18 Å². The Morgan fingerprint density at radius 2 is 2.04 bits per heavy atom. The molecule has 136 valence electrons. The molecule has 2 heterocycles. The molecule has 1 saturated heterocycles. The van der Waals surface area contributed by atoms with E-state index >= 15 is 0 Å². The zero-order valence-electron chi connectivity index (χ0n) is 14.4. The molecule has 0 spiro atoms. The van der Waals surface area contributed by atoms with Gasteiger partial charge in [-0.2, -0.15) is 8.42 Å². The van der Waals surface area contributed by atoms with Crippen molar-refractivity contribution in [3.8, 4) is 0 Å². The van der Waals surface area contributed by atoms with Gasteiger partial charge in [0.1, 0.15) is 11.4 Å². The lowest BCUT2D eigenvalue weighted by Gasteiger charge is -2.27. The Bertz CT molecular complexity index is 791. The number of nitrogens with zero attached hydrogens (tertiary/aromatic N) is 2. The molecule has 0 saturated carbocycles. The van der Waals surface area contributed by atoms with Crippen molar-refractivity contribution < 1.29 is 22.2 Å². The number of allylic oxidation sites excluding steroid dienone is 1. The Morgan fingerprint density at radius 3 is 2.60 bits per heavy atom. The molecule has 1 aromatic heterocycles. The molecule has 8 nitrogen and oxygen atoms in total. The van der Waals surface area contributed by atoms with Crippen LogP contribution in [0.25, 0.3) is 0 Å². The third-order valence-corrected chi connectivity index (χ3v) is 4.46. The van der Waals surface area contributed by atoms with Crippen molar-refractivity contribution in [1.29, 1.82) is 0 Å². The lowest BCUT2D eigenvalue weighted by molar-refractivity contribution is -0.131. The van der Waals surface area contributed by atoms with Gasteiger partial charge in [0.15, 0.2) is 5.78 Å². The van der Waals surface area contributed by atoms with Crippen molar-refractivity contribution in [2.75, 3.05) is 19.9 Å². The van der Waals surface area contributed by atoms with Crippen molar-refractivity contribution in [3.05, 3.63) is 42.0 Å². The van der Waals surface area contributed by atoms with Gasteiger partial charge in [-0.25, -0.2) is 0 Å². The van der Waals surface area contributed by atoms with Crippen molar-refractivity contribution in [1.82, 2.24) is 15.2 Å². The maximum Gasteiger partial charge on any atom is 0.264 e. The first-order chi connectivity index (χ1) is 11.6. The van der Waals surface area contributed by atoms with Gasteiger partial charge in [-0.15, -0.1) is 0 Å². The second-order valence-corrected chi connectivity index (χ2v) is 7.66. The number of likely N-dealkylation sites (N-methyl/N-ethyl adjacent to an activating group) is 1. The predicted molar refractivity (Wildman–Crippen MR) is 90.8 cm³/mol. The number of hydrogen-bond donors (Lipinski definition) is 1. The lowest BCUT2D eigenvalue weighted by atomic mass is 9.88. The van der Waals surface area contributed by atoms with E-state index in [1.54, 1.807) is 31.6 Å². The van der Waals surface area contributed by atoms with Gasteiger partial charge in [0.2, 0.25) is 0 Å². The minimum absolute atomic E-state index is 0.126. The van der Waals surface area contributed by atoms with E-state index in [0.29, 0.717) is 12.2 Å². The van der Waals surface area contributed by atoms with Crippen LogP contribution in [-0.2, 0) is 30.3 Å². The molecule has 25 heavy (non-hydrogen) atoms. The minimum atomic E-state index is -3.61. The summed E-state index contributed by atoms with van der Waals surface area (Å²) in [5.41, 5.74) is -0.241. The van der Waals surface area contributed by atoms with E-state index < -0.39 is 15.7 Å². The van der Waals surface area contributed by atoms with E-state index in [1.807, 2.05) is 0 Å². The molecule has 1 fully saturated rings. The van der Waals surface area contributed by atoms with E-state index in [0.717, 1.165) is 11.8 Å². The Labute approximate surface area is 147 Å². The molecule has 1 amide bonds. The number of nitrogens with one attached hydrogen (secondary N) is 1. The smallest absolute Gasteiger partial charge is 0.264 e. The molecular weight excluding hydrogens is 346 g/mol. The average Bonchev–Trinajstić information content (AvgIpc) is 2.72. The van der Waals surface area contributed by atoms with Crippen LogP contribution in [0.2, 0.25) is 0 Å². The third-order valence-electron chi connectivity index (χ3n) is 3.86. The zero-order chi connectivity index (χ0) is 18.7. The Balaban J connectivity index is 2.32. The first-order valence-corrected chi connectivity index (χ1v) is 9.46. The van der Waals surface area contributed by atoms with Crippen LogP contribution in [0.15, 0.2) is 36.4 Å². The van der Waals surface area contributed by atoms with Gasteiger partial charge in [0.25, 0.3) is 16.0 Å². The fraction of sp³-hybridized carbons (Fsp3) is 0.438. The van der Waals surface area contributed by atoms with Crippen LogP contribution in [0.4, 0.5) is 0 Å². The fourth-order valence-electron chi connectivity index (χ4n) is 2.73. The highest BCUT2D eigenvalue weighted by Gasteiger charge is 2.47. The molecule has 0 aromatic carbocycles. The van der Waals surface area contributed by atoms with E-state index in [9.17, 15) is 18.0 Å². The molecule has 1 aliphatic rings. The van der Waals surface area contributed by atoms with Crippen LogP contribution in [0.3, 0.4) is 0 Å². The number of carbonyl (C=O) groups excluding carboxylic acids is 2. The monoisotopic (exact) mass is 367 g/mol. The van der Waals surface area contributed by atoms with Crippen molar-refractivity contribution in [2.45, 2.75) is 25.3 Å². The van der Waals surface area contributed by atoms with Gasteiger partial charge in [0.05, 0.1) is 12.9 Å². The van der Waals surface area contributed by atoms with Crippen LogP contribution in [0, 0.1) is 0 Å². The number of ketones is 1. The average molecular weight is 367 g/mol. The number of hydrogen-bond acceptors (Lipinski definition) is 7. The zero-order valence-corrected chi connectivity index (χ0v) is 15.2. The van der Waals surface area contributed by atoms with Crippen molar-refractivity contribution in [3.63, 3.8) is 0 Å². The van der Waals surface area contributed by atoms with E-state index in [-0.39, 0.29) is 24.7 Å².